The SMILES string of the molecule is Cc1cccc2c1NC(C)C(C)C2C. The van der Waals surface area contributed by atoms with Crippen LogP contribution in [0.25, 0.3) is 0 Å². The Labute approximate surface area is 86.5 Å². The van der Waals surface area contributed by atoms with Gasteiger partial charge in [0.25, 0.3) is 0 Å². The summed E-state index contributed by atoms with van der Waals surface area (Å²) in [6.07, 6.45) is 0. The molecule has 0 radical (unpaired) electrons. The Morgan fingerprint density at radius 1 is 1.14 bits per heavy atom. The van der Waals surface area contributed by atoms with Gasteiger partial charge in [0, 0.05) is 11.7 Å². The van der Waals surface area contributed by atoms with Gasteiger partial charge in [-0.25, -0.2) is 0 Å². The predicted molar refractivity (Wildman–Crippen MR) is 61.8 cm³/mol. The second-order valence-electron chi connectivity index (χ2n) is 4.62. The van der Waals surface area contributed by atoms with Crippen molar-refractivity contribution in [2.45, 2.75) is 39.7 Å². The molecule has 14 heavy (non-hydrogen) atoms. The molecule has 0 spiro atoms. The van der Waals surface area contributed by atoms with E-state index >= 15 is 0 Å². The molecule has 2 rings (SSSR count). The van der Waals surface area contributed by atoms with Crippen LogP contribution in [0.2, 0.25) is 0 Å². The minimum absolute atomic E-state index is 0.582. The predicted octanol–water partition coefficient (Wildman–Crippen LogP) is 3.55. The van der Waals surface area contributed by atoms with Crippen LogP contribution < -0.4 is 5.32 Å². The number of fused-ring (bicyclic) bond motifs is 1. The Morgan fingerprint density at radius 3 is 2.57 bits per heavy atom. The lowest BCUT2D eigenvalue weighted by Gasteiger charge is -2.36. The summed E-state index contributed by atoms with van der Waals surface area (Å²) >= 11 is 0. The highest BCUT2D eigenvalue weighted by Gasteiger charge is 2.28. The van der Waals surface area contributed by atoms with E-state index < -0.39 is 0 Å². The Kier molecular flexibility index (Phi) is 2.26. The average Bonchev–Trinajstić information content (AvgIpc) is 2.17. The molecular weight excluding hydrogens is 170 g/mol. The summed E-state index contributed by atoms with van der Waals surface area (Å²) in [6.45, 7) is 9.12. The van der Waals surface area contributed by atoms with Crippen molar-refractivity contribution in [3.8, 4) is 0 Å². The molecule has 0 amide bonds. The number of hydrogen-bond acceptors (Lipinski definition) is 1. The van der Waals surface area contributed by atoms with Gasteiger partial charge >= 0.3 is 0 Å². The topological polar surface area (TPSA) is 12.0 Å². The van der Waals surface area contributed by atoms with Gasteiger partial charge in [-0.1, -0.05) is 32.0 Å². The van der Waals surface area contributed by atoms with E-state index in [0.717, 1.165) is 0 Å². The van der Waals surface area contributed by atoms with Crippen molar-refractivity contribution >= 4 is 5.69 Å². The number of para-hydroxylation sites is 1. The monoisotopic (exact) mass is 189 g/mol. The number of nitrogens with one attached hydrogen (secondary N) is 1. The summed E-state index contributed by atoms with van der Waals surface area (Å²) in [5, 5.41) is 3.61. The third-order valence-electron chi connectivity index (χ3n) is 3.74. The highest BCUT2D eigenvalue weighted by atomic mass is 14.9. The fraction of sp³-hybridized carbons (Fsp3) is 0.538. The molecule has 0 aliphatic carbocycles. The van der Waals surface area contributed by atoms with E-state index in [1.165, 1.54) is 16.8 Å². The Balaban J connectivity index is 2.50. The lowest BCUT2D eigenvalue weighted by atomic mass is 9.79. The van der Waals surface area contributed by atoms with E-state index in [2.05, 4.69) is 51.2 Å². The number of benzene rings is 1. The highest BCUT2D eigenvalue weighted by molar-refractivity contribution is 5.61. The quantitative estimate of drug-likeness (QED) is 0.658. The molecule has 1 heteroatoms. The molecule has 1 aliphatic rings. The molecule has 1 aliphatic heterocycles. The summed E-state index contributed by atoms with van der Waals surface area (Å²) in [6, 6.07) is 7.18. The zero-order valence-corrected chi connectivity index (χ0v) is 9.46. The average molecular weight is 189 g/mol. The van der Waals surface area contributed by atoms with E-state index in [9.17, 15) is 0 Å². The fourth-order valence-corrected chi connectivity index (χ4v) is 2.34. The molecule has 3 unspecified atom stereocenters. The highest BCUT2D eigenvalue weighted by Crippen LogP contribution is 2.39. The van der Waals surface area contributed by atoms with Crippen LogP contribution in [-0.2, 0) is 0 Å². The molecule has 1 nitrogen and oxygen atoms in total. The maximum absolute atomic E-state index is 3.61. The van der Waals surface area contributed by atoms with Gasteiger partial charge in [-0.2, -0.15) is 0 Å². The second-order valence-corrected chi connectivity index (χ2v) is 4.62. The summed E-state index contributed by atoms with van der Waals surface area (Å²) in [5.74, 6) is 1.38. The lowest BCUT2D eigenvalue weighted by Crippen LogP contribution is -2.33. The van der Waals surface area contributed by atoms with Gasteiger partial charge in [-0.3, -0.25) is 0 Å². The minimum Gasteiger partial charge on any atom is -0.382 e. The van der Waals surface area contributed by atoms with Crippen LogP contribution in [-0.4, -0.2) is 6.04 Å². The molecule has 3 atom stereocenters. The molecule has 0 aromatic heterocycles. The first-order chi connectivity index (χ1) is 6.61. The van der Waals surface area contributed by atoms with Gasteiger partial charge < -0.3 is 5.32 Å². The lowest BCUT2D eigenvalue weighted by molar-refractivity contribution is 0.420. The van der Waals surface area contributed by atoms with Gasteiger partial charge in [0.1, 0.15) is 0 Å². The van der Waals surface area contributed by atoms with Crippen LogP contribution in [0.4, 0.5) is 5.69 Å². The molecule has 76 valence electrons. The maximum atomic E-state index is 3.61. The Hall–Kier alpha value is -0.980. The van der Waals surface area contributed by atoms with E-state index in [1.54, 1.807) is 0 Å². The molecule has 0 saturated heterocycles. The third kappa shape index (κ3) is 1.31. The fourth-order valence-electron chi connectivity index (χ4n) is 2.34. The second kappa shape index (κ2) is 3.30. The van der Waals surface area contributed by atoms with Crippen molar-refractivity contribution in [1.29, 1.82) is 0 Å². The maximum Gasteiger partial charge on any atom is 0.0407 e. The molecule has 1 aromatic carbocycles. The molecule has 1 heterocycles. The number of anilines is 1. The Bertz CT molecular complexity index is 343. The summed E-state index contributed by atoms with van der Waals surface area (Å²) in [4.78, 5) is 0. The largest absolute Gasteiger partial charge is 0.382 e. The van der Waals surface area contributed by atoms with Crippen molar-refractivity contribution in [2.24, 2.45) is 5.92 Å². The molecule has 0 saturated carbocycles. The van der Waals surface area contributed by atoms with Crippen LogP contribution >= 0.6 is 0 Å². The summed E-state index contributed by atoms with van der Waals surface area (Å²) < 4.78 is 0. The van der Waals surface area contributed by atoms with Crippen molar-refractivity contribution in [1.82, 2.24) is 0 Å². The van der Waals surface area contributed by atoms with Gasteiger partial charge in [-0.05, 0) is 36.8 Å². The summed E-state index contributed by atoms with van der Waals surface area (Å²) in [5.41, 5.74) is 4.22. The summed E-state index contributed by atoms with van der Waals surface area (Å²) in [7, 11) is 0. The number of hydrogen-bond donors (Lipinski definition) is 1. The van der Waals surface area contributed by atoms with E-state index in [0.29, 0.717) is 17.9 Å². The first kappa shape index (κ1) is 9.57. The molecule has 0 bridgehead atoms. The van der Waals surface area contributed by atoms with Crippen LogP contribution in [0.3, 0.4) is 0 Å². The van der Waals surface area contributed by atoms with Crippen LogP contribution in [0.5, 0.6) is 0 Å². The van der Waals surface area contributed by atoms with Crippen LogP contribution in [0.15, 0.2) is 18.2 Å². The van der Waals surface area contributed by atoms with Crippen molar-refractivity contribution in [2.75, 3.05) is 5.32 Å². The molecule has 1 aromatic rings. The smallest absolute Gasteiger partial charge is 0.0407 e. The van der Waals surface area contributed by atoms with Gasteiger partial charge in [0.05, 0.1) is 0 Å². The van der Waals surface area contributed by atoms with Crippen molar-refractivity contribution < 1.29 is 0 Å². The first-order valence-corrected chi connectivity index (χ1v) is 5.47. The van der Waals surface area contributed by atoms with Gasteiger partial charge in [-0.15, -0.1) is 0 Å². The molecular formula is C13H19N. The number of aryl methyl sites for hydroxylation is 1. The standard InChI is InChI=1S/C13H19N/c1-8-6-5-7-12-10(3)9(2)11(4)14-13(8)12/h5-7,9-11,14H,1-4H3. The van der Waals surface area contributed by atoms with Crippen LogP contribution in [0.1, 0.15) is 37.8 Å². The van der Waals surface area contributed by atoms with Gasteiger partial charge in [0.15, 0.2) is 0 Å². The van der Waals surface area contributed by atoms with E-state index in [4.69, 9.17) is 0 Å². The van der Waals surface area contributed by atoms with E-state index in [-0.39, 0.29) is 0 Å². The van der Waals surface area contributed by atoms with Crippen molar-refractivity contribution in [3.05, 3.63) is 29.3 Å². The number of rotatable bonds is 0. The zero-order valence-electron chi connectivity index (χ0n) is 9.46. The van der Waals surface area contributed by atoms with Gasteiger partial charge in [0.2, 0.25) is 0 Å². The normalized spacial score (nSPS) is 30.7. The Morgan fingerprint density at radius 2 is 1.86 bits per heavy atom. The van der Waals surface area contributed by atoms with Crippen molar-refractivity contribution in [3.63, 3.8) is 0 Å². The molecule has 1 N–H and O–H groups in total. The van der Waals surface area contributed by atoms with Crippen LogP contribution in [0, 0.1) is 12.8 Å². The molecule has 0 fully saturated rings. The first-order valence-electron chi connectivity index (χ1n) is 5.47. The minimum atomic E-state index is 0.582. The third-order valence-corrected chi connectivity index (χ3v) is 3.74. The zero-order chi connectivity index (χ0) is 10.3. The van der Waals surface area contributed by atoms with E-state index in [1.807, 2.05) is 0 Å².